The van der Waals surface area contributed by atoms with Crippen LogP contribution >= 0.6 is 0 Å². The first-order valence-corrected chi connectivity index (χ1v) is 15.3. The highest BCUT2D eigenvalue weighted by Crippen LogP contribution is 2.46. The van der Waals surface area contributed by atoms with Crippen LogP contribution in [0.25, 0.3) is 16.8 Å². The Morgan fingerprint density at radius 3 is 2.48 bits per heavy atom. The quantitative estimate of drug-likeness (QED) is 0.223. The molecule has 0 bridgehead atoms. The van der Waals surface area contributed by atoms with Crippen LogP contribution in [0.15, 0.2) is 66.9 Å². The number of carboxylic acid groups (broad SMARTS) is 1. The van der Waals surface area contributed by atoms with Crippen LogP contribution in [0.2, 0.25) is 0 Å². The Hall–Kier alpha value is -4.65. The lowest BCUT2D eigenvalue weighted by atomic mass is 9.71. The predicted molar refractivity (Wildman–Crippen MR) is 167 cm³/mol. The molecule has 1 spiro atoms. The third-order valence-electron chi connectivity index (χ3n) is 9.17. The number of hydrogen-bond donors (Lipinski definition) is 3. The number of rotatable bonds is 8. The summed E-state index contributed by atoms with van der Waals surface area (Å²) in [7, 11) is 0. The minimum absolute atomic E-state index is 0.0667. The number of aliphatic carboxylic acids is 1. The minimum atomic E-state index is -4.82. The number of nitrogens with two attached hydrogens (primary N) is 1. The first-order valence-electron chi connectivity index (χ1n) is 15.3. The Morgan fingerprint density at radius 2 is 1.85 bits per heavy atom. The van der Waals surface area contributed by atoms with Gasteiger partial charge in [-0.25, -0.2) is 4.68 Å². The van der Waals surface area contributed by atoms with Gasteiger partial charge in [0.2, 0.25) is 17.9 Å². The van der Waals surface area contributed by atoms with Gasteiger partial charge in [-0.05, 0) is 67.3 Å². The van der Waals surface area contributed by atoms with Crippen molar-refractivity contribution in [2.75, 3.05) is 23.7 Å². The third-order valence-corrected chi connectivity index (χ3v) is 9.17. The maximum absolute atomic E-state index is 14.9. The zero-order valence-corrected chi connectivity index (χ0v) is 25.5. The second-order valence-electron chi connectivity index (χ2n) is 12.1. The van der Waals surface area contributed by atoms with Crippen molar-refractivity contribution >= 4 is 17.7 Å². The Kier molecular flexibility index (Phi) is 8.36. The number of anilines is 2. The van der Waals surface area contributed by atoms with Crippen LogP contribution in [0.3, 0.4) is 0 Å². The van der Waals surface area contributed by atoms with Crippen LogP contribution < -0.4 is 20.7 Å². The molecule has 10 nitrogen and oxygen atoms in total. The van der Waals surface area contributed by atoms with E-state index >= 15 is 0 Å². The SMILES string of the molecule is CCC1NC(C(=O)O)CC12CCN(c1cc(O[C@H](c3cc(-c4ccccc4)ccc3-n3ccc(C)n3)C(F)(F)F)nc(N)n1)CC2. The smallest absolute Gasteiger partial charge is 0.429 e. The zero-order valence-electron chi connectivity index (χ0n) is 25.5. The summed E-state index contributed by atoms with van der Waals surface area (Å²) < 4.78 is 51.9. The number of benzene rings is 2. The molecule has 2 aromatic carbocycles. The van der Waals surface area contributed by atoms with E-state index in [-0.39, 0.29) is 34.5 Å². The maximum atomic E-state index is 14.9. The van der Waals surface area contributed by atoms with Gasteiger partial charge >= 0.3 is 12.1 Å². The summed E-state index contributed by atoms with van der Waals surface area (Å²) in [6, 6.07) is 16.5. The number of nitrogen functional groups attached to an aromatic ring is 1. The highest BCUT2D eigenvalue weighted by Gasteiger charge is 2.50. The van der Waals surface area contributed by atoms with Gasteiger partial charge in [-0.3, -0.25) is 4.79 Å². The first kappa shape index (κ1) is 31.3. The molecule has 46 heavy (non-hydrogen) atoms. The molecule has 2 aliphatic rings. The summed E-state index contributed by atoms with van der Waals surface area (Å²) in [4.78, 5) is 22.0. The number of nitrogens with one attached hydrogen (secondary N) is 1. The van der Waals surface area contributed by atoms with Crippen molar-refractivity contribution in [3.8, 4) is 22.7 Å². The minimum Gasteiger partial charge on any atom is -0.480 e. The molecule has 0 aliphatic carbocycles. The zero-order chi connectivity index (χ0) is 32.6. The second-order valence-corrected chi connectivity index (χ2v) is 12.1. The van der Waals surface area contributed by atoms with E-state index in [1.807, 2.05) is 42.2 Å². The first-order chi connectivity index (χ1) is 22.0. The lowest BCUT2D eigenvalue weighted by Gasteiger charge is -2.43. The molecular formula is C33H36F3N7O3. The van der Waals surface area contributed by atoms with E-state index in [1.54, 1.807) is 31.3 Å². The van der Waals surface area contributed by atoms with Crippen molar-refractivity contribution in [3.63, 3.8) is 0 Å². The summed E-state index contributed by atoms with van der Waals surface area (Å²) in [6.07, 6.45) is -2.89. The molecule has 13 heteroatoms. The Labute approximate surface area is 264 Å². The van der Waals surface area contributed by atoms with Crippen LogP contribution in [-0.4, -0.2) is 62.2 Å². The van der Waals surface area contributed by atoms with Crippen molar-refractivity contribution in [1.29, 1.82) is 0 Å². The highest BCUT2D eigenvalue weighted by molar-refractivity contribution is 5.74. The number of aromatic nitrogens is 4. The van der Waals surface area contributed by atoms with E-state index in [4.69, 9.17) is 10.5 Å². The summed E-state index contributed by atoms with van der Waals surface area (Å²) in [5, 5.41) is 17.2. The number of halogens is 3. The van der Waals surface area contributed by atoms with Gasteiger partial charge in [0, 0.05) is 37.0 Å². The van der Waals surface area contributed by atoms with E-state index in [0.717, 1.165) is 12.0 Å². The van der Waals surface area contributed by atoms with Crippen LogP contribution in [-0.2, 0) is 4.79 Å². The number of nitrogens with zero attached hydrogens (tertiary/aromatic N) is 5. The molecule has 3 atom stereocenters. The van der Waals surface area contributed by atoms with Gasteiger partial charge in [-0.15, -0.1) is 0 Å². The maximum Gasteiger partial charge on any atom is 0.429 e. The Morgan fingerprint density at radius 1 is 1.11 bits per heavy atom. The van der Waals surface area contributed by atoms with Crippen molar-refractivity contribution in [2.24, 2.45) is 5.41 Å². The van der Waals surface area contributed by atoms with Crippen LogP contribution in [0, 0.1) is 12.3 Å². The Bertz CT molecular complexity index is 1700. The molecule has 2 fully saturated rings. The van der Waals surface area contributed by atoms with Crippen molar-refractivity contribution in [1.82, 2.24) is 25.1 Å². The summed E-state index contributed by atoms with van der Waals surface area (Å²) in [6.45, 7) is 4.86. The van der Waals surface area contributed by atoms with E-state index in [0.29, 0.717) is 49.4 Å². The Balaban J connectivity index is 1.31. The molecule has 2 saturated heterocycles. The van der Waals surface area contributed by atoms with Crippen LogP contribution in [0.5, 0.6) is 5.88 Å². The normalized spacial score (nSPS) is 20.2. The summed E-state index contributed by atoms with van der Waals surface area (Å²) in [5.74, 6) is -1.03. The van der Waals surface area contributed by atoms with Gasteiger partial charge in [0.15, 0.2) is 0 Å². The largest absolute Gasteiger partial charge is 0.480 e. The van der Waals surface area contributed by atoms with E-state index in [2.05, 4.69) is 20.4 Å². The fourth-order valence-electron chi connectivity index (χ4n) is 6.88. The second kappa shape index (κ2) is 12.3. The topological polar surface area (TPSA) is 131 Å². The van der Waals surface area contributed by atoms with E-state index in [9.17, 15) is 23.1 Å². The molecule has 4 aromatic rings. The molecule has 6 rings (SSSR count). The number of carbonyl (C=O) groups is 1. The number of hydrogen-bond acceptors (Lipinski definition) is 8. The van der Waals surface area contributed by atoms with Gasteiger partial charge < -0.3 is 25.8 Å². The number of carboxylic acids is 1. The lowest BCUT2D eigenvalue weighted by Crippen LogP contribution is -2.46. The number of alkyl halides is 3. The molecular weight excluding hydrogens is 599 g/mol. The molecule has 0 radical (unpaired) electrons. The van der Waals surface area contributed by atoms with Crippen molar-refractivity contribution in [3.05, 3.63) is 78.1 Å². The average Bonchev–Trinajstić information content (AvgIpc) is 3.63. The van der Waals surface area contributed by atoms with Gasteiger partial charge in [0.1, 0.15) is 11.9 Å². The molecule has 2 aliphatic heterocycles. The average molecular weight is 636 g/mol. The van der Waals surface area contributed by atoms with E-state index < -0.39 is 24.3 Å². The fourth-order valence-corrected chi connectivity index (χ4v) is 6.88. The summed E-state index contributed by atoms with van der Waals surface area (Å²) >= 11 is 0. The van der Waals surface area contributed by atoms with Gasteiger partial charge in [0.25, 0.3) is 0 Å². The van der Waals surface area contributed by atoms with Gasteiger partial charge in [0.05, 0.1) is 11.4 Å². The van der Waals surface area contributed by atoms with Gasteiger partial charge in [-0.2, -0.15) is 28.2 Å². The summed E-state index contributed by atoms with van der Waals surface area (Å²) in [5.41, 5.74) is 7.91. The number of piperidine rings is 1. The lowest BCUT2D eigenvalue weighted by molar-refractivity contribution is -0.198. The van der Waals surface area contributed by atoms with Crippen molar-refractivity contribution in [2.45, 2.75) is 63.9 Å². The number of ether oxygens (including phenoxy) is 1. The molecule has 4 heterocycles. The molecule has 2 unspecified atom stereocenters. The number of aryl methyl sites for hydroxylation is 1. The van der Waals surface area contributed by atoms with Gasteiger partial charge in [-0.1, -0.05) is 43.3 Å². The fraction of sp³-hybridized carbons (Fsp3) is 0.394. The van der Waals surface area contributed by atoms with Crippen LogP contribution in [0.1, 0.15) is 50.0 Å². The predicted octanol–water partition coefficient (Wildman–Crippen LogP) is 5.71. The molecule has 0 saturated carbocycles. The van der Waals surface area contributed by atoms with Crippen LogP contribution in [0.4, 0.5) is 24.9 Å². The highest BCUT2D eigenvalue weighted by atomic mass is 19.4. The molecule has 4 N–H and O–H groups in total. The van der Waals surface area contributed by atoms with Crippen molar-refractivity contribution < 1.29 is 27.8 Å². The molecule has 2 aromatic heterocycles. The standard InChI is InChI=1S/C33H36F3N7O3/c1-3-26-32(19-24(38-26)30(44)45)12-15-42(16-13-32)27-18-28(40-31(37)39-27)46-29(33(34,35)36)23-17-22(21-7-5-4-6-8-21)9-10-25(23)43-14-11-20(2)41-43/h4-11,14,17-18,24,26,29,38H,3,12-13,15-16,19H2,1-2H3,(H,44,45)(H2,37,39,40)/t24?,26?,29-/m1/s1. The molecule has 242 valence electrons. The monoisotopic (exact) mass is 635 g/mol. The molecule has 0 amide bonds. The van der Waals surface area contributed by atoms with E-state index in [1.165, 1.54) is 16.8 Å². The third kappa shape index (κ3) is 6.23.